The maximum Gasteiger partial charge on any atom is 0.256 e. The molecule has 1 spiro atoms. The smallest absolute Gasteiger partial charge is 0.256 e. The fraction of sp³-hybridized carbons (Fsp3) is 0.391. The summed E-state index contributed by atoms with van der Waals surface area (Å²) in [5.41, 5.74) is 2.78. The SMILES string of the molecule is Cc1ccc(-n2nccn2)c(C(=O)N2CCC3(CC3)CC2CNc2cccc(Cl)n2)c1. The van der Waals surface area contributed by atoms with Crippen LogP contribution in [-0.2, 0) is 0 Å². The van der Waals surface area contributed by atoms with Gasteiger partial charge >= 0.3 is 0 Å². The molecule has 2 fully saturated rings. The van der Waals surface area contributed by atoms with E-state index in [0.717, 1.165) is 30.8 Å². The van der Waals surface area contributed by atoms with Crippen molar-refractivity contribution in [3.8, 4) is 5.69 Å². The van der Waals surface area contributed by atoms with Gasteiger partial charge in [0.1, 0.15) is 11.0 Å². The van der Waals surface area contributed by atoms with Crippen molar-refractivity contribution in [2.24, 2.45) is 5.41 Å². The first-order chi connectivity index (χ1) is 15.0. The van der Waals surface area contributed by atoms with Gasteiger partial charge in [0.25, 0.3) is 5.91 Å². The number of hydrogen-bond donors (Lipinski definition) is 1. The third-order valence-corrected chi connectivity index (χ3v) is 6.67. The van der Waals surface area contributed by atoms with Crippen LogP contribution in [0, 0.1) is 12.3 Å². The molecule has 1 N–H and O–H groups in total. The normalized spacial score (nSPS) is 19.4. The Morgan fingerprint density at radius 2 is 2.00 bits per heavy atom. The van der Waals surface area contributed by atoms with Crippen molar-refractivity contribution in [1.29, 1.82) is 0 Å². The number of amides is 1. The number of likely N-dealkylation sites (tertiary alicyclic amines) is 1. The summed E-state index contributed by atoms with van der Waals surface area (Å²) in [7, 11) is 0. The number of benzene rings is 1. The third kappa shape index (κ3) is 4.14. The van der Waals surface area contributed by atoms with E-state index in [4.69, 9.17) is 11.6 Å². The van der Waals surface area contributed by atoms with Gasteiger partial charge in [-0.1, -0.05) is 29.3 Å². The Hall–Kier alpha value is -2.93. The molecule has 1 aliphatic carbocycles. The molecule has 1 aliphatic heterocycles. The highest BCUT2D eigenvalue weighted by atomic mass is 35.5. The first-order valence-corrected chi connectivity index (χ1v) is 11.1. The number of anilines is 1. The zero-order valence-corrected chi connectivity index (χ0v) is 18.2. The van der Waals surface area contributed by atoms with Gasteiger partial charge < -0.3 is 10.2 Å². The molecule has 5 rings (SSSR count). The summed E-state index contributed by atoms with van der Waals surface area (Å²) in [5, 5.41) is 12.3. The summed E-state index contributed by atoms with van der Waals surface area (Å²) in [6.45, 7) is 3.40. The number of piperidine rings is 1. The fourth-order valence-corrected chi connectivity index (χ4v) is 4.72. The molecule has 7 nitrogen and oxygen atoms in total. The molecule has 1 atom stereocenters. The van der Waals surface area contributed by atoms with Crippen LogP contribution in [0.25, 0.3) is 5.69 Å². The summed E-state index contributed by atoms with van der Waals surface area (Å²) in [6.07, 6.45) is 7.83. The van der Waals surface area contributed by atoms with Crippen LogP contribution in [-0.4, -0.2) is 49.9 Å². The van der Waals surface area contributed by atoms with E-state index in [9.17, 15) is 4.79 Å². The van der Waals surface area contributed by atoms with Crippen LogP contribution in [0.5, 0.6) is 0 Å². The molecule has 2 aromatic heterocycles. The quantitative estimate of drug-likeness (QED) is 0.609. The molecule has 0 radical (unpaired) electrons. The lowest BCUT2D eigenvalue weighted by molar-refractivity contribution is 0.0545. The van der Waals surface area contributed by atoms with E-state index >= 15 is 0 Å². The second-order valence-electron chi connectivity index (χ2n) is 8.67. The number of carbonyl (C=O) groups excluding carboxylic acids is 1. The van der Waals surface area contributed by atoms with E-state index in [2.05, 4.69) is 20.5 Å². The van der Waals surface area contributed by atoms with Gasteiger partial charge in [-0.15, -0.1) is 0 Å². The third-order valence-electron chi connectivity index (χ3n) is 6.46. The molecule has 1 unspecified atom stereocenters. The maximum atomic E-state index is 13.8. The zero-order chi connectivity index (χ0) is 21.4. The van der Waals surface area contributed by atoms with Crippen molar-refractivity contribution in [3.63, 3.8) is 0 Å². The van der Waals surface area contributed by atoms with Crippen molar-refractivity contribution in [3.05, 3.63) is 65.1 Å². The van der Waals surface area contributed by atoms with Crippen molar-refractivity contribution in [1.82, 2.24) is 24.9 Å². The Balaban J connectivity index is 1.42. The van der Waals surface area contributed by atoms with Gasteiger partial charge in [-0.2, -0.15) is 15.0 Å². The molecule has 31 heavy (non-hydrogen) atoms. The van der Waals surface area contributed by atoms with Crippen molar-refractivity contribution in [2.75, 3.05) is 18.4 Å². The molecule has 1 aromatic carbocycles. The number of rotatable bonds is 5. The first-order valence-electron chi connectivity index (χ1n) is 10.7. The van der Waals surface area contributed by atoms with Crippen LogP contribution in [0.1, 0.15) is 41.6 Å². The highest BCUT2D eigenvalue weighted by molar-refractivity contribution is 6.29. The van der Waals surface area contributed by atoms with Gasteiger partial charge in [-0.3, -0.25) is 4.79 Å². The van der Waals surface area contributed by atoms with E-state index in [1.807, 2.05) is 42.2 Å². The number of halogens is 1. The molecule has 3 heterocycles. The largest absolute Gasteiger partial charge is 0.368 e. The number of nitrogens with one attached hydrogen (secondary N) is 1. The average Bonchev–Trinajstić information content (AvgIpc) is 3.28. The molecule has 1 saturated heterocycles. The van der Waals surface area contributed by atoms with Crippen LogP contribution >= 0.6 is 11.6 Å². The number of aromatic nitrogens is 4. The minimum Gasteiger partial charge on any atom is -0.368 e. The Morgan fingerprint density at radius 1 is 1.19 bits per heavy atom. The molecule has 2 aliphatic rings. The summed E-state index contributed by atoms with van der Waals surface area (Å²) in [6, 6.07) is 11.4. The van der Waals surface area contributed by atoms with Crippen LogP contribution in [0.4, 0.5) is 5.82 Å². The number of pyridine rings is 1. The number of hydrogen-bond acceptors (Lipinski definition) is 5. The van der Waals surface area contributed by atoms with E-state index in [0.29, 0.717) is 28.4 Å². The molecular formula is C23H25ClN6O. The van der Waals surface area contributed by atoms with Gasteiger partial charge in [0.15, 0.2) is 0 Å². The van der Waals surface area contributed by atoms with Gasteiger partial charge in [0.2, 0.25) is 0 Å². The molecule has 1 amide bonds. The summed E-state index contributed by atoms with van der Waals surface area (Å²) in [4.78, 5) is 21.6. The number of carbonyl (C=O) groups is 1. The Bertz CT molecular complexity index is 1100. The van der Waals surface area contributed by atoms with Crippen LogP contribution in [0.2, 0.25) is 5.15 Å². The molecule has 0 bridgehead atoms. The molecular weight excluding hydrogens is 412 g/mol. The lowest BCUT2D eigenvalue weighted by Gasteiger charge is -2.40. The van der Waals surface area contributed by atoms with Crippen LogP contribution < -0.4 is 5.32 Å². The van der Waals surface area contributed by atoms with Crippen LogP contribution in [0.3, 0.4) is 0 Å². The standard InChI is InChI=1S/C23H25ClN6O/c1-16-5-6-19(30-26-10-11-27-30)18(13-16)22(31)29-12-9-23(7-8-23)14-17(29)15-25-21-4-2-3-20(24)28-21/h2-6,10-11,13,17H,7-9,12,14-15H2,1H3,(H,25,28). The van der Waals surface area contributed by atoms with Crippen molar-refractivity contribution >= 4 is 23.3 Å². The van der Waals surface area contributed by atoms with Gasteiger partial charge in [-0.05, 0) is 62.3 Å². The monoisotopic (exact) mass is 436 g/mol. The first kappa shape index (κ1) is 20.0. The number of aryl methyl sites for hydroxylation is 1. The van der Waals surface area contributed by atoms with E-state index in [-0.39, 0.29) is 11.9 Å². The van der Waals surface area contributed by atoms with Crippen molar-refractivity contribution < 1.29 is 4.79 Å². The maximum absolute atomic E-state index is 13.8. The van der Waals surface area contributed by atoms with Gasteiger partial charge in [-0.25, -0.2) is 4.98 Å². The minimum atomic E-state index is 0.0253. The molecule has 1 saturated carbocycles. The predicted molar refractivity (Wildman–Crippen MR) is 120 cm³/mol. The van der Waals surface area contributed by atoms with Gasteiger partial charge in [0.05, 0.1) is 23.6 Å². The van der Waals surface area contributed by atoms with E-state index in [1.165, 1.54) is 17.6 Å². The zero-order valence-electron chi connectivity index (χ0n) is 17.5. The minimum absolute atomic E-state index is 0.0253. The van der Waals surface area contributed by atoms with Crippen molar-refractivity contribution in [2.45, 2.75) is 38.6 Å². The lowest BCUT2D eigenvalue weighted by Crippen LogP contribution is -2.50. The Morgan fingerprint density at radius 3 is 2.74 bits per heavy atom. The fourth-order valence-electron chi connectivity index (χ4n) is 4.55. The summed E-state index contributed by atoms with van der Waals surface area (Å²) in [5.74, 6) is 0.754. The van der Waals surface area contributed by atoms with Gasteiger partial charge in [0, 0.05) is 19.1 Å². The summed E-state index contributed by atoms with van der Waals surface area (Å²) >= 11 is 6.03. The Kier molecular flexibility index (Phi) is 5.14. The average molecular weight is 437 g/mol. The van der Waals surface area contributed by atoms with E-state index < -0.39 is 0 Å². The second kappa shape index (κ2) is 7.96. The summed E-state index contributed by atoms with van der Waals surface area (Å²) < 4.78 is 0. The Labute approximate surface area is 186 Å². The second-order valence-corrected chi connectivity index (χ2v) is 9.06. The molecule has 160 valence electrons. The molecule has 8 heteroatoms. The predicted octanol–water partition coefficient (Wildman–Crippen LogP) is 4.12. The lowest BCUT2D eigenvalue weighted by atomic mass is 9.87. The van der Waals surface area contributed by atoms with Crippen LogP contribution in [0.15, 0.2) is 48.8 Å². The number of nitrogens with zero attached hydrogens (tertiary/aromatic N) is 5. The highest BCUT2D eigenvalue weighted by Crippen LogP contribution is 2.55. The topological polar surface area (TPSA) is 75.9 Å². The highest BCUT2D eigenvalue weighted by Gasteiger charge is 2.49. The molecule has 3 aromatic rings. The van der Waals surface area contributed by atoms with E-state index in [1.54, 1.807) is 18.5 Å².